The minimum absolute atomic E-state index is 0.0578. The second-order valence-electron chi connectivity index (χ2n) is 3.37. The topological polar surface area (TPSA) is 41.1 Å². The SMILES string of the molecule is CCNC(=O)NCC1CC(F)(F)C1. The molecule has 0 saturated heterocycles. The average molecular weight is 192 g/mol. The second kappa shape index (κ2) is 3.89. The fraction of sp³-hybridized carbons (Fsp3) is 0.875. The Balaban J connectivity index is 2.05. The molecule has 0 atom stereocenters. The lowest BCUT2D eigenvalue weighted by atomic mass is 9.81. The third-order valence-corrected chi connectivity index (χ3v) is 2.06. The van der Waals surface area contributed by atoms with Crippen LogP contribution in [0.1, 0.15) is 19.8 Å². The van der Waals surface area contributed by atoms with Crippen LogP contribution in [0.4, 0.5) is 13.6 Å². The van der Waals surface area contributed by atoms with Gasteiger partial charge in [0.25, 0.3) is 0 Å². The molecule has 13 heavy (non-hydrogen) atoms. The highest BCUT2D eigenvalue weighted by Gasteiger charge is 2.44. The molecule has 5 heteroatoms. The smallest absolute Gasteiger partial charge is 0.314 e. The van der Waals surface area contributed by atoms with E-state index < -0.39 is 5.92 Å². The number of hydrogen-bond donors (Lipinski definition) is 2. The summed E-state index contributed by atoms with van der Waals surface area (Å²) in [6.07, 6.45) is -0.196. The Labute approximate surface area is 75.9 Å². The molecule has 0 aromatic rings. The van der Waals surface area contributed by atoms with Crippen LogP contribution in [0.15, 0.2) is 0 Å². The zero-order valence-electron chi connectivity index (χ0n) is 7.57. The fourth-order valence-electron chi connectivity index (χ4n) is 1.39. The van der Waals surface area contributed by atoms with Gasteiger partial charge in [-0.2, -0.15) is 0 Å². The van der Waals surface area contributed by atoms with E-state index in [0.717, 1.165) is 0 Å². The van der Waals surface area contributed by atoms with E-state index in [1.165, 1.54) is 0 Å². The maximum Gasteiger partial charge on any atom is 0.314 e. The first-order valence-electron chi connectivity index (χ1n) is 4.43. The summed E-state index contributed by atoms with van der Waals surface area (Å²) in [6.45, 7) is 2.70. The predicted molar refractivity (Wildman–Crippen MR) is 44.7 cm³/mol. The second-order valence-corrected chi connectivity index (χ2v) is 3.37. The van der Waals surface area contributed by atoms with Crippen molar-refractivity contribution >= 4 is 6.03 Å². The minimum Gasteiger partial charge on any atom is -0.338 e. The first-order valence-corrected chi connectivity index (χ1v) is 4.43. The number of halogens is 2. The molecule has 3 nitrogen and oxygen atoms in total. The lowest BCUT2D eigenvalue weighted by Crippen LogP contribution is -2.45. The van der Waals surface area contributed by atoms with Crippen molar-refractivity contribution in [2.45, 2.75) is 25.7 Å². The normalized spacial score (nSPS) is 20.5. The molecule has 0 heterocycles. The number of rotatable bonds is 3. The van der Waals surface area contributed by atoms with Crippen molar-refractivity contribution in [3.05, 3.63) is 0 Å². The third kappa shape index (κ3) is 3.16. The summed E-state index contributed by atoms with van der Waals surface area (Å²) in [5.41, 5.74) is 0. The first-order chi connectivity index (χ1) is 6.03. The number of alkyl halides is 2. The third-order valence-electron chi connectivity index (χ3n) is 2.06. The summed E-state index contributed by atoms with van der Waals surface area (Å²) < 4.78 is 24.7. The Morgan fingerprint density at radius 2 is 2.08 bits per heavy atom. The quantitative estimate of drug-likeness (QED) is 0.696. The van der Waals surface area contributed by atoms with Crippen molar-refractivity contribution in [3.63, 3.8) is 0 Å². The van der Waals surface area contributed by atoms with Gasteiger partial charge in [-0.3, -0.25) is 0 Å². The van der Waals surface area contributed by atoms with E-state index in [4.69, 9.17) is 0 Å². The Bertz CT molecular complexity index is 189. The number of carbonyl (C=O) groups excluding carboxylic acids is 1. The Morgan fingerprint density at radius 1 is 1.46 bits per heavy atom. The Kier molecular flexibility index (Phi) is 3.06. The fourth-order valence-corrected chi connectivity index (χ4v) is 1.39. The summed E-state index contributed by atoms with van der Waals surface area (Å²) in [4.78, 5) is 10.8. The number of hydrogen-bond acceptors (Lipinski definition) is 1. The van der Waals surface area contributed by atoms with Gasteiger partial charge >= 0.3 is 6.03 Å². The van der Waals surface area contributed by atoms with Crippen molar-refractivity contribution in [2.75, 3.05) is 13.1 Å². The van der Waals surface area contributed by atoms with E-state index in [2.05, 4.69) is 10.6 Å². The highest BCUT2D eigenvalue weighted by Crippen LogP contribution is 2.41. The van der Waals surface area contributed by atoms with E-state index in [0.29, 0.717) is 13.1 Å². The van der Waals surface area contributed by atoms with Gasteiger partial charge in [-0.05, 0) is 12.8 Å². The van der Waals surface area contributed by atoms with Crippen LogP contribution in [0.2, 0.25) is 0 Å². The molecule has 1 rings (SSSR count). The molecule has 0 spiro atoms. The first kappa shape index (κ1) is 10.2. The number of nitrogens with one attached hydrogen (secondary N) is 2. The molecule has 0 bridgehead atoms. The summed E-state index contributed by atoms with van der Waals surface area (Å²) in [5.74, 6) is -2.55. The number of amides is 2. The summed E-state index contributed by atoms with van der Waals surface area (Å²) in [7, 11) is 0. The molecule has 1 fully saturated rings. The van der Waals surface area contributed by atoms with E-state index in [9.17, 15) is 13.6 Å². The predicted octanol–water partition coefficient (Wildman–Crippen LogP) is 1.35. The van der Waals surface area contributed by atoms with Crippen molar-refractivity contribution in [1.29, 1.82) is 0 Å². The van der Waals surface area contributed by atoms with Crippen LogP contribution in [-0.2, 0) is 0 Å². The van der Waals surface area contributed by atoms with E-state index >= 15 is 0 Å². The van der Waals surface area contributed by atoms with Gasteiger partial charge in [0.2, 0.25) is 5.92 Å². The molecule has 2 N–H and O–H groups in total. The van der Waals surface area contributed by atoms with Gasteiger partial charge in [0.15, 0.2) is 0 Å². The van der Waals surface area contributed by atoms with Gasteiger partial charge in [0, 0.05) is 25.9 Å². The van der Waals surface area contributed by atoms with Crippen LogP contribution in [-0.4, -0.2) is 25.0 Å². The van der Waals surface area contributed by atoms with Gasteiger partial charge in [-0.1, -0.05) is 0 Å². The average Bonchev–Trinajstić information content (AvgIpc) is 1.97. The molecule has 0 aromatic carbocycles. The largest absolute Gasteiger partial charge is 0.338 e. The molecular weight excluding hydrogens is 178 g/mol. The highest BCUT2D eigenvalue weighted by molar-refractivity contribution is 5.73. The van der Waals surface area contributed by atoms with Gasteiger partial charge in [-0.15, -0.1) is 0 Å². The van der Waals surface area contributed by atoms with Gasteiger partial charge in [-0.25, -0.2) is 13.6 Å². The Hall–Kier alpha value is -0.870. The van der Waals surface area contributed by atoms with Crippen LogP contribution in [0.5, 0.6) is 0 Å². The van der Waals surface area contributed by atoms with Crippen molar-refractivity contribution in [3.8, 4) is 0 Å². The summed E-state index contributed by atoms with van der Waals surface area (Å²) >= 11 is 0. The van der Waals surface area contributed by atoms with E-state index in [-0.39, 0.29) is 24.8 Å². The van der Waals surface area contributed by atoms with Crippen molar-refractivity contribution in [1.82, 2.24) is 10.6 Å². The minimum atomic E-state index is -2.49. The lowest BCUT2D eigenvalue weighted by Gasteiger charge is -2.34. The maximum atomic E-state index is 12.3. The molecule has 0 radical (unpaired) electrons. The highest BCUT2D eigenvalue weighted by atomic mass is 19.3. The van der Waals surface area contributed by atoms with E-state index in [1.807, 2.05) is 0 Å². The van der Waals surface area contributed by atoms with Crippen LogP contribution >= 0.6 is 0 Å². The molecule has 1 saturated carbocycles. The van der Waals surface area contributed by atoms with Gasteiger partial charge in [0.1, 0.15) is 0 Å². The number of carbonyl (C=O) groups is 1. The molecule has 2 amide bonds. The maximum absolute atomic E-state index is 12.3. The van der Waals surface area contributed by atoms with Crippen LogP contribution in [0, 0.1) is 5.92 Å². The zero-order valence-corrected chi connectivity index (χ0v) is 7.57. The molecule has 0 aliphatic heterocycles. The molecule has 76 valence electrons. The van der Waals surface area contributed by atoms with Gasteiger partial charge < -0.3 is 10.6 Å². The van der Waals surface area contributed by atoms with Crippen LogP contribution < -0.4 is 10.6 Å². The van der Waals surface area contributed by atoms with Crippen molar-refractivity contribution < 1.29 is 13.6 Å². The molecule has 1 aliphatic carbocycles. The Morgan fingerprint density at radius 3 is 2.54 bits per heavy atom. The summed E-state index contributed by atoms with van der Waals surface area (Å²) in [5, 5.41) is 5.07. The standard InChI is InChI=1S/C8H14F2N2O/c1-2-11-7(13)12-5-6-3-8(9,10)4-6/h6H,2-5H2,1H3,(H2,11,12,13). The molecule has 0 unspecified atom stereocenters. The van der Waals surface area contributed by atoms with Gasteiger partial charge in [0.05, 0.1) is 0 Å². The van der Waals surface area contributed by atoms with E-state index in [1.54, 1.807) is 6.92 Å². The molecular formula is C8H14F2N2O. The monoisotopic (exact) mass is 192 g/mol. The molecule has 0 aromatic heterocycles. The van der Waals surface area contributed by atoms with Crippen LogP contribution in [0.25, 0.3) is 0 Å². The van der Waals surface area contributed by atoms with Crippen molar-refractivity contribution in [2.24, 2.45) is 5.92 Å². The van der Waals surface area contributed by atoms with Crippen LogP contribution in [0.3, 0.4) is 0 Å². The lowest BCUT2D eigenvalue weighted by molar-refractivity contribution is -0.108. The zero-order chi connectivity index (χ0) is 9.90. The summed E-state index contributed by atoms with van der Waals surface area (Å²) in [6, 6.07) is -0.280. The number of urea groups is 1. The molecule has 1 aliphatic rings.